The smallest absolute Gasteiger partial charge is 0.203 e. The number of nitrogens with zero attached hydrogens (tertiary/aromatic N) is 1. The van der Waals surface area contributed by atoms with Crippen LogP contribution in [0.25, 0.3) is 6.08 Å². The van der Waals surface area contributed by atoms with Gasteiger partial charge in [0.05, 0.1) is 41.0 Å². The number of benzene rings is 2. The lowest BCUT2D eigenvalue weighted by atomic mass is 10.1. The molecule has 1 heterocycles. The van der Waals surface area contributed by atoms with Crippen molar-refractivity contribution in [2.75, 3.05) is 54.1 Å². The zero-order chi connectivity index (χ0) is 19.8. The molecule has 0 bridgehead atoms. The van der Waals surface area contributed by atoms with Crippen LogP contribution in [0.3, 0.4) is 0 Å². The van der Waals surface area contributed by atoms with E-state index in [1.807, 2.05) is 6.07 Å². The number of nitrogens with one attached hydrogen (secondary N) is 1. The van der Waals surface area contributed by atoms with Crippen LogP contribution in [0.1, 0.15) is 11.1 Å². The molecule has 0 amide bonds. The van der Waals surface area contributed by atoms with E-state index in [1.165, 1.54) is 5.56 Å². The maximum absolute atomic E-state index is 5.62. The molecule has 1 fully saturated rings. The third-order valence-electron chi connectivity index (χ3n) is 5.26. The standard InChI is InChI=1S/C23H30N2O3/c1-26-21-12-11-20(22(27-2)23(21)28-3)18-25-16-14-24(15-17-25)13-7-10-19-8-5-4-6-9-19/h4-12H,13-18H2,1-3H3/p+1/b10-7+. The second-order valence-electron chi connectivity index (χ2n) is 7.04. The Bertz CT molecular complexity index is 769. The van der Waals surface area contributed by atoms with Gasteiger partial charge in [-0.15, -0.1) is 0 Å². The Morgan fingerprint density at radius 1 is 0.893 bits per heavy atom. The summed E-state index contributed by atoms with van der Waals surface area (Å²) in [7, 11) is 4.97. The van der Waals surface area contributed by atoms with Gasteiger partial charge in [0, 0.05) is 25.2 Å². The van der Waals surface area contributed by atoms with Crippen molar-refractivity contribution in [1.29, 1.82) is 0 Å². The van der Waals surface area contributed by atoms with Crippen LogP contribution in [0.5, 0.6) is 17.2 Å². The Morgan fingerprint density at radius 3 is 2.25 bits per heavy atom. The summed E-state index contributed by atoms with van der Waals surface area (Å²) in [6, 6.07) is 14.5. The van der Waals surface area contributed by atoms with E-state index in [2.05, 4.69) is 53.5 Å². The molecule has 1 aliphatic heterocycles. The Hall–Kier alpha value is -2.50. The first-order chi connectivity index (χ1) is 13.7. The molecule has 150 valence electrons. The van der Waals surface area contributed by atoms with Gasteiger partial charge in [-0.1, -0.05) is 42.5 Å². The lowest BCUT2D eigenvalue weighted by molar-refractivity contribution is -0.898. The summed E-state index contributed by atoms with van der Waals surface area (Å²) in [5.74, 6) is 2.13. The van der Waals surface area contributed by atoms with Crippen LogP contribution in [0.2, 0.25) is 0 Å². The number of ether oxygens (including phenoxy) is 3. The zero-order valence-corrected chi connectivity index (χ0v) is 17.1. The molecule has 5 heteroatoms. The van der Waals surface area contributed by atoms with Crippen LogP contribution in [-0.2, 0) is 6.54 Å². The second kappa shape index (κ2) is 10.2. The van der Waals surface area contributed by atoms with Gasteiger partial charge >= 0.3 is 0 Å². The number of rotatable bonds is 8. The minimum absolute atomic E-state index is 0.665. The lowest BCUT2D eigenvalue weighted by Crippen LogP contribution is -3.14. The molecule has 5 nitrogen and oxygen atoms in total. The average Bonchev–Trinajstić information content (AvgIpc) is 2.75. The average molecular weight is 384 g/mol. The van der Waals surface area contributed by atoms with Crippen molar-refractivity contribution in [2.45, 2.75) is 6.54 Å². The summed E-state index contributed by atoms with van der Waals surface area (Å²) in [5.41, 5.74) is 2.40. The molecular formula is C23H31N2O3+. The van der Waals surface area contributed by atoms with Crippen molar-refractivity contribution >= 4 is 6.08 Å². The highest BCUT2D eigenvalue weighted by Gasteiger charge is 2.22. The van der Waals surface area contributed by atoms with Crippen LogP contribution in [0.15, 0.2) is 48.5 Å². The molecule has 0 atom stereocenters. The maximum atomic E-state index is 5.62. The highest BCUT2D eigenvalue weighted by molar-refractivity contribution is 5.55. The third kappa shape index (κ3) is 5.06. The Morgan fingerprint density at radius 2 is 1.61 bits per heavy atom. The van der Waals surface area contributed by atoms with E-state index in [0.717, 1.165) is 50.6 Å². The Balaban J connectivity index is 1.54. The van der Waals surface area contributed by atoms with Crippen molar-refractivity contribution in [3.8, 4) is 17.2 Å². The quantitative estimate of drug-likeness (QED) is 0.758. The SMILES string of the molecule is COc1ccc(CN2CC[NH+](C/C=C/c3ccccc3)CC2)c(OC)c1OC. The number of methoxy groups -OCH3 is 3. The van der Waals surface area contributed by atoms with E-state index in [9.17, 15) is 0 Å². The molecule has 0 unspecified atom stereocenters. The predicted octanol–water partition coefficient (Wildman–Crippen LogP) is 2.13. The molecule has 1 aliphatic rings. The van der Waals surface area contributed by atoms with Gasteiger partial charge in [-0.3, -0.25) is 4.90 Å². The summed E-state index contributed by atoms with van der Waals surface area (Å²) in [6.07, 6.45) is 4.51. The van der Waals surface area contributed by atoms with Gasteiger partial charge < -0.3 is 19.1 Å². The van der Waals surface area contributed by atoms with Crippen molar-refractivity contribution in [3.63, 3.8) is 0 Å². The molecule has 3 rings (SSSR count). The number of hydrogen-bond acceptors (Lipinski definition) is 4. The molecule has 28 heavy (non-hydrogen) atoms. The molecule has 2 aromatic rings. The topological polar surface area (TPSA) is 35.4 Å². The van der Waals surface area contributed by atoms with Crippen molar-refractivity contribution in [2.24, 2.45) is 0 Å². The third-order valence-corrected chi connectivity index (χ3v) is 5.26. The highest BCUT2D eigenvalue weighted by Crippen LogP contribution is 2.40. The number of hydrogen-bond donors (Lipinski definition) is 1. The zero-order valence-electron chi connectivity index (χ0n) is 17.1. The van der Waals surface area contributed by atoms with Crippen molar-refractivity contribution in [1.82, 2.24) is 4.90 Å². The molecule has 0 radical (unpaired) electrons. The summed E-state index contributed by atoms with van der Waals surface area (Å²) in [6.45, 7) is 6.38. The highest BCUT2D eigenvalue weighted by atomic mass is 16.5. The van der Waals surface area contributed by atoms with E-state index < -0.39 is 0 Å². The van der Waals surface area contributed by atoms with Gasteiger partial charge in [0.25, 0.3) is 0 Å². The first-order valence-corrected chi connectivity index (χ1v) is 9.80. The van der Waals surface area contributed by atoms with Crippen LogP contribution in [0, 0.1) is 0 Å². The van der Waals surface area contributed by atoms with Gasteiger partial charge in [-0.25, -0.2) is 0 Å². The molecule has 0 aliphatic carbocycles. The fraction of sp³-hybridized carbons (Fsp3) is 0.391. The minimum atomic E-state index is 0.665. The largest absolute Gasteiger partial charge is 0.493 e. The first kappa shape index (κ1) is 20.2. The molecule has 0 aromatic heterocycles. The monoisotopic (exact) mass is 383 g/mol. The maximum Gasteiger partial charge on any atom is 0.203 e. The fourth-order valence-corrected chi connectivity index (χ4v) is 3.69. The van der Waals surface area contributed by atoms with E-state index in [0.29, 0.717) is 11.5 Å². The molecule has 2 aromatic carbocycles. The van der Waals surface area contributed by atoms with Crippen molar-refractivity contribution < 1.29 is 19.1 Å². The summed E-state index contributed by atoms with van der Waals surface area (Å²) in [5, 5.41) is 0. The number of piperazine rings is 1. The molecule has 0 spiro atoms. The summed E-state index contributed by atoms with van der Waals surface area (Å²) >= 11 is 0. The van der Waals surface area contributed by atoms with Crippen LogP contribution in [-0.4, -0.2) is 59.0 Å². The summed E-state index contributed by atoms with van der Waals surface area (Å²) in [4.78, 5) is 4.11. The molecule has 0 saturated carbocycles. The Labute approximate surface area is 168 Å². The molecule has 1 saturated heterocycles. The normalized spacial score (nSPS) is 15.7. The van der Waals surface area contributed by atoms with Crippen LogP contribution in [0.4, 0.5) is 0 Å². The predicted molar refractivity (Wildman–Crippen MR) is 112 cm³/mol. The number of quaternary nitrogens is 1. The fourth-order valence-electron chi connectivity index (χ4n) is 3.69. The van der Waals surface area contributed by atoms with Crippen LogP contribution < -0.4 is 19.1 Å². The van der Waals surface area contributed by atoms with E-state index in [4.69, 9.17) is 14.2 Å². The first-order valence-electron chi connectivity index (χ1n) is 9.80. The van der Waals surface area contributed by atoms with E-state index in [1.54, 1.807) is 26.2 Å². The van der Waals surface area contributed by atoms with Gasteiger partial charge in [0.1, 0.15) is 0 Å². The lowest BCUT2D eigenvalue weighted by Gasteiger charge is -2.32. The van der Waals surface area contributed by atoms with Crippen LogP contribution >= 0.6 is 0 Å². The van der Waals surface area contributed by atoms with Gasteiger partial charge in [-0.2, -0.15) is 0 Å². The van der Waals surface area contributed by atoms with Gasteiger partial charge in [0.2, 0.25) is 5.75 Å². The van der Waals surface area contributed by atoms with E-state index in [-0.39, 0.29) is 0 Å². The van der Waals surface area contributed by atoms with Gasteiger partial charge in [0.15, 0.2) is 11.5 Å². The molecule has 1 N–H and O–H groups in total. The van der Waals surface area contributed by atoms with Crippen molar-refractivity contribution in [3.05, 3.63) is 59.7 Å². The second-order valence-corrected chi connectivity index (χ2v) is 7.04. The van der Waals surface area contributed by atoms with E-state index >= 15 is 0 Å². The minimum Gasteiger partial charge on any atom is -0.493 e. The van der Waals surface area contributed by atoms with Gasteiger partial charge in [-0.05, 0) is 17.7 Å². The Kier molecular flexibility index (Phi) is 7.34. The molecular weight excluding hydrogens is 352 g/mol. The summed E-state index contributed by atoms with van der Waals surface area (Å²) < 4.78 is 16.5.